The Morgan fingerprint density at radius 3 is 2.89 bits per heavy atom. The van der Waals surface area contributed by atoms with Crippen molar-refractivity contribution in [2.75, 3.05) is 44.3 Å². The van der Waals surface area contributed by atoms with Crippen LogP contribution in [-0.2, 0) is 0 Å². The molecule has 18 heavy (non-hydrogen) atoms. The molecule has 0 atom stereocenters. The molecule has 6 nitrogen and oxygen atoms in total. The Balaban J connectivity index is 1.77. The van der Waals surface area contributed by atoms with Gasteiger partial charge < -0.3 is 20.7 Å². The highest BCUT2D eigenvalue weighted by Crippen LogP contribution is 2.25. The molecule has 1 aliphatic heterocycles. The number of rotatable bonds is 6. The van der Waals surface area contributed by atoms with E-state index in [0.29, 0.717) is 17.4 Å². The molecule has 1 saturated heterocycles. The molecule has 0 unspecified atom stereocenters. The lowest BCUT2D eigenvalue weighted by Gasteiger charge is -2.15. The minimum Gasteiger partial charge on any atom is -0.490 e. The van der Waals surface area contributed by atoms with Gasteiger partial charge in [-0.3, -0.25) is 0 Å². The molecule has 0 amide bonds. The molecule has 1 aromatic heterocycles. The lowest BCUT2D eigenvalue weighted by Crippen LogP contribution is -2.22. The lowest BCUT2D eigenvalue weighted by molar-refractivity contribution is 0.337. The molecule has 0 radical (unpaired) electrons. The van der Waals surface area contributed by atoms with Crippen LogP contribution in [0.4, 0.5) is 11.6 Å². The van der Waals surface area contributed by atoms with Crippen molar-refractivity contribution in [1.82, 2.24) is 14.9 Å². The highest BCUT2D eigenvalue weighted by molar-refractivity contribution is 5.61. The maximum absolute atomic E-state index is 5.71. The number of methoxy groups -OCH3 is 1. The first-order valence-electron chi connectivity index (χ1n) is 6.42. The van der Waals surface area contributed by atoms with Gasteiger partial charge in [-0.25, -0.2) is 9.97 Å². The summed E-state index contributed by atoms with van der Waals surface area (Å²) in [6.45, 7) is 4.48. The van der Waals surface area contributed by atoms with Gasteiger partial charge in [-0.05, 0) is 38.9 Å². The zero-order valence-electron chi connectivity index (χ0n) is 10.9. The Labute approximate surface area is 108 Å². The first-order valence-corrected chi connectivity index (χ1v) is 6.42. The molecular weight excluding hydrogens is 230 g/mol. The van der Waals surface area contributed by atoms with Crippen LogP contribution in [0.2, 0.25) is 0 Å². The number of likely N-dealkylation sites (tertiary alicyclic amines) is 1. The maximum atomic E-state index is 5.71. The summed E-state index contributed by atoms with van der Waals surface area (Å²) in [5.41, 5.74) is 5.71. The number of nitrogen functional groups attached to an aromatic ring is 1. The van der Waals surface area contributed by atoms with Gasteiger partial charge in [-0.1, -0.05) is 0 Å². The molecule has 2 rings (SSSR count). The zero-order chi connectivity index (χ0) is 12.8. The van der Waals surface area contributed by atoms with Gasteiger partial charge in [0.25, 0.3) is 0 Å². The molecule has 6 heteroatoms. The van der Waals surface area contributed by atoms with Crippen molar-refractivity contribution in [1.29, 1.82) is 0 Å². The van der Waals surface area contributed by atoms with Gasteiger partial charge >= 0.3 is 0 Å². The number of ether oxygens (including phenoxy) is 1. The fourth-order valence-electron chi connectivity index (χ4n) is 2.23. The summed E-state index contributed by atoms with van der Waals surface area (Å²) in [4.78, 5) is 10.5. The predicted octanol–water partition coefficient (Wildman–Crippen LogP) is 0.965. The molecule has 0 aromatic carbocycles. The Morgan fingerprint density at radius 2 is 2.17 bits per heavy atom. The number of nitrogens with two attached hydrogens (primary N) is 1. The zero-order valence-corrected chi connectivity index (χ0v) is 10.9. The Kier molecular flexibility index (Phi) is 4.58. The number of anilines is 2. The third kappa shape index (κ3) is 3.22. The summed E-state index contributed by atoms with van der Waals surface area (Å²) in [7, 11) is 1.57. The molecule has 1 aliphatic rings. The van der Waals surface area contributed by atoms with E-state index in [-0.39, 0.29) is 0 Å². The van der Waals surface area contributed by atoms with Gasteiger partial charge in [0.15, 0.2) is 11.6 Å². The van der Waals surface area contributed by atoms with E-state index < -0.39 is 0 Å². The van der Waals surface area contributed by atoms with Gasteiger partial charge in [0.2, 0.25) is 5.75 Å². The molecular formula is C12H21N5O. The molecule has 0 saturated carbocycles. The predicted molar refractivity (Wildman–Crippen MR) is 71.8 cm³/mol. The summed E-state index contributed by atoms with van der Waals surface area (Å²) in [6.07, 6.45) is 5.21. The van der Waals surface area contributed by atoms with Gasteiger partial charge in [-0.15, -0.1) is 0 Å². The molecule has 0 spiro atoms. The van der Waals surface area contributed by atoms with E-state index in [9.17, 15) is 0 Å². The van der Waals surface area contributed by atoms with Crippen molar-refractivity contribution < 1.29 is 4.74 Å². The van der Waals surface area contributed by atoms with Crippen LogP contribution in [0, 0.1) is 0 Å². The van der Waals surface area contributed by atoms with E-state index in [2.05, 4.69) is 20.2 Å². The van der Waals surface area contributed by atoms with Crippen LogP contribution in [0.5, 0.6) is 5.75 Å². The van der Waals surface area contributed by atoms with Gasteiger partial charge in [0, 0.05) is 6.54 Å². The smallest absolute Gasteiger partial charge is 0.203 e. The van der Waals surface area contributed by atoms with Gasteiger partial charge in [0.05, 0.1) is 7.11 Å². The normalized spacial score (nSPS) is 15.8. The molecule has 0 bridgehead atoms. The van der Waals surface area contributed by atoms with E-state index in [1.165, 1.54) is 32.3 Å². The number of hydrogen-bond acceptors (Lipinski definition) is 6. The second kappa shape index (κ2) is 6.39. The second-order valence-corrected chi connectivity index (χ2v) is 4.47. The lowest BCUT2D eigenvalue weighted by atomic mass is 10.3. The maximum Gasteiger partial charge on any atom is 0.203 e. The molecule has 100 valence electrons. The molecule has 2 heterocycles. The van der Waals surface area contributed by atoms with Crippen LogP contribution in [0.1, 0.15) is 19.3 Å². The summed E-state index contributed by atoms with van der Waals surface area (Å²) < 4.78 is 5.18. The van der Waals surface area contributed by atoms with Crippen molar-refractivity contribution in [2.24, 2.45) is 0 Å². The van der Waals surface area contributed by atoms with Crippen LogP contribution < -0.4 is 15.8 Å². The minimum absolute atomic E-state index is 0.370. The van der Waals surface area contributed by atoms with Crippen LogP contribution in [0.3, 0.4) is 0 Å². The number of nitrogens with one attached hydrogen (secondary N) is 1. The Morgan fingerprint density at radius 1 is 1.39 bits per heavy atom. The Hall–Kier alpha value is -1.56. The summed E-state index contributed by atoms with van der Waals surface area (Å²) in [6, 6.07) is 0. The van der Waals surface area contributed by atoms with Crippen molar-refractivity contribution >= 4 is 11.6 Å². The fourth-order valence-corrected chi connectivity index (χ4v) is 2.23. The summed E-state index contributed by atoms with van der Waals surface area (Å²) in [5.74, 6) is 1.57. The van der Waals surface area contributed by atoms with E-state index >= 15 is 0 Å². The minimum atomic E-state index is 0.370. The monoisotopic (exact) mass is 251 g/mol. The van der Waals surface area contributed by atoms with Gasteiger partial charge in [0.1, 0.15) is 6.33 Å². The van der Waals surface area contributed by atoms with Crippen molar-refractivity contribution in [2.45, 2.75) is 19.3 Å². The van der Waals surface area contributed by atoms with Crippen LogP contribution in [0.15, 0.2) is 6.33 Å². The van der Waals surface area contributed by atoms with E-state index in [0.717, 1.165) is 19.5 Å². The third-order valence-corrected chi connectivity index (χ3v) is 3.18. The highest BCUT2D eigenvalue weighted by Gasteiger charge is 2.11. The Bertz CT molecular complexity index is 379. The number of hydrogen-bond donors (Lipinski definition) is 2. The number of aromatic nitrogens is 2. The van der Waals surface area contributed by atoms with Crippen molar-refractivity contribution in [3.05, 3.63) is 6.33 Å². The average Bonchev–Trinajstić information content (AvgIpc) is 2.88. The fraction of sp³-hybridized carbons (Fsp3) is 0.667. The molecule has 1 aromatic rings. The summed E-state index contributed by atoms with van der Waals surface area (Å²) >= 11 is 0. The first-order chi connectivity index (χ1) is 8.81. The van der Waals surface area contributed by atoms with Gasteiger partial charge in [-0.2, -0.15) is 0 Å². The van der Waals surface area contributed by atoms with E-state index in [4.69, 9.17) is 10.5 Å². The standard InChI is InChI=1S/C12H21N5O/c1-18-10-11(13)15-9-16-12(10)14-5-4-8-17-6-2-3-7-17/h9H,2-8H2,1H3,(H3,13,14,15,16). The topological polar surface area (TPSA) is 76.3 Å². The van der Waals surface area contributed by atoms with Crippen LogP contribution in [-0.4, -0.2) is 48.2 Å². The second-order valence-electron chi connectivity index (χ2n) is 4.47. The van der Waals surface area contributed by atoms with E-state index in [1.807, 2.05) is 0 Å². The SMILES string of the molecule is COc1c(N)ncnc1NCCCN1CCCC1. The van der Waals surface area contributed by atoms with Crippen LogP contribution in [0.25, 0.3) is 0 Å². The summed E-state index contributed by atoms with van der Waals surface area (Å²) in [5, 5.41) is 3.25. The van der Waals surface area contributed by atoms with E-state index in [1.54, 1.807) is 7.11 Å². The third-order valence-electron chi connectivity index (χ3n) is 3.18. The van der Waals surface area contributed by atoms with Crippen LogP contribution >= 0.6 is 0 Å². The molecule has 1 fully saturated rings. The highest BCUT2D eigenvalue weighted by atomic mass is 16.5. The largest absolute Gasteiger partial charge is 0.490 e. The van der Waals surface area contributed by atoms with Crippen molar-refractivity contribution in [3.8, 4) is 5.75 Å². The van der Waals surface area contributed by atoms with Crippen molar-refractivity contribution in [3.63, 3.8) is 0 Å². The first kappa shape index (κ1) is 12.9. The quantitative estimate of drug-likeness (QED) is 0.734. The molecule has 0 aliphatic carbocycles. The molecule has 3 N–H and O–H groups in total. The number of nitrogens with zero attached hydrogens (tertiary/aromatic N) is 3. The average molecular weight is 251 g/mol.